The fourth-order valence-corrected chi connectivity index (χ4v) is 4.83. The largest absolute Gasteiger partial charge is 0.619 e. The molecule has 1 saturated carbocycles. The van der Waals surface area contributed by atoms with E-state index in [0.29, 0.717) is 12.5 Å². The van der Waals surface area contributed by atoms with E-state index in [4.69, 9.17) is 4.74 Å². The Morgan fingerprint density at radius 1 is 1.43 bits per heavy atom. The van der Waals surface area contributed by atoms with Crippen molar-refractivity contribution in [2.75, 3.05) is 6.61 Å². The Bertz CT molecular complexity index is 587. The number of aryl methyl sites for hydroxylation is 1. The highest BCUT2D eigenvalue weighted by atomic mass is 16.5. The molecule has 4 nitrogen and oxygen atoms in total. The second-order valence-corrected chi connectivity index (χ2v) is 6.74. The molecule has 1 aromatic heterocycles. The Labute approximate surface area is 124 Å². The van der Waals surface area contributed by atoms with Crippen LogP contribution in [0.25, 0.3) is 0 Å². The van der Waals surface area contributed by atoms with E-state index < -0.39 is 5.60 Å². The van der Waals surface area contributed by atoms with Gasteiger partial charge in [0.15, 0.2) is 12.4 Å². The molecule has 0 aromatic carbocycles. The summed E-state index contributed by atoms with van der Waals surface area (Å²) in [6, 6.07) is 1.89. The molecule has 1 N–H and O–H groups in total. The molecule has 4 heteroatoms. The van der Waals surface area contributed by atoms with E-state index in [9.17, 15) is 10.3 Å². The van der Waals surface area contributed by atoms with Crippen molar-refractivity contribution >= 4 is 0 Å². The highest BCUT2D eigenvalue weighted by Crippen LogP contribution is 2.55. The van der Waals surface area contributed by atoms with Gasteiger partial charge in [0.1, 0.15) is 0 Å². The molecule has 3 aliphatic rings. The molecule has 0 bridgehead atoms. The average molecular weight is 287 g/mol. The van der Waals surface area contributed by atoms with Crippen molar-refractivity contribution in [1.82, 2.24) is 0 Å². The Balaban J connectivity index is 1.70. The summed E-state index contributed by atoms with van der Waals surface area (Å²) in [6.45, 7) is 4.25. The van der Waals surface area contributed by atoms with Crippen LogP contribution in [-0.4, -0.2) is 17.3 Å². The van der Waals surface area contributed by atoms with Gasteiger partial charge >= 0.3 is 0 Å². The summed E-state index contributed by atoms with van der Waals surface area (Å²) < 4.78 is 6.95. The first-order chi connectivity index (χ1) is 10.1. The minimum Gasteiger partial charge on any atom is -0.619 e. The van der Waals surface area contributed by atoms with Crippen molar-refractivity contribution in [3.05, 3.63) is 47.4 Å². The Morgan fingerprint density at radius 3 is 3.10 bits per heavy atom. The zero-order valence-corrected chi connectivity index (χ0v) is 12.1. The smallest absolute Gasteiger partial charge is 0.183 e. The van der Waals surface area contributed by atoms with Crippen LogP contribution in [0, 0.1) is 23.0 Å². The predicted octanol–water partition coefficient (Wildman–Crippen LogP) is 1.90. The Morgan fingerprint density at radius 2 is 2.29 bits per heavy atom. The average Bonchev–Trinajstić information content (AvgIpc) is 2.83. The number of aliphatic hydroxyl groups is 1. The quantitative estimate of drug-likeness (QED) is 0.487. The lowest BCUT2D eigenvalue weighted by Gasteiger charge is -2.48. The number of pyridine rings is 1. The SMILES string of the molecule is C=C[C@@H]1CC[C@H]2[C@@H]3CCc4c[n+]([O-])ccc4[C@H]3OC[C@]12O. The number of fused-ring (bicyclic) bond motifs is 5. The summed E-state index contributed by atoms with van der Waals surface area (Å²) in [7, 11) is 0. The molecule has 2 fully saturated rings. The van der Waals surface area contributed by atoms with Crippen molar-refractivity contribution < 1.29 is 14.6 Å². The van der Waals surface area contributed by atoms with Gasteiger partial charge in [-0.1, -0.05) is 6.08 Å². The third kappa shape index (κ3) is 1.79. The van der Waals surface area contributed by atoms with Crippen LogP contribution < -0.4 is 4.73 Å². The van der Waals surface area contributed by atoms with Gasteiger partial charge in [-0.2, -0.15) is 4.73 Å². The van der Waals surface area contributed by atoms with E-state index in [1.165, 1.54) is 0 Å². The Kier molecular flexibility index (Phi) is 2.88. The van der Waals surface area contributed by atoms with Gasteiger partial charge in [-0.25, -0.2) is 0 Å². The standard InChI is InChI=1S/C17H21NO3/c1-2-12-4-6-15-14-5-3-11-9-18(20)8-7-13(11)16(14)21-10-17(12,15)19/h2,7-9,12,14-16,19H,1,3-6,10H2/t12-,14+,15+,16-,17+/m1/s1. The molecule has 112 valence electrons. The van der Waals surface area contributed by atoms with Crippen LogP contribution in [0.1, 0.15) is 36.5 Å². The summed E-state index contributed by atoms with van der Waals surface area (Å²) in [5, 5.41) is 22.5. The maximum absolute atomic E-state index is 11.4. The van der Waals surface area contributed by atoms with Crippen LogP contribution in [0.3, 0.4) is 0 Å². The first kappa shape index (κ1) is 13.3. The first-order valence-electron chi connectivity index (χ1n) is 7.81. The van der Waals surface area contributed by atoms with Gasteiger partial charge in [0.05, 0.1) is 18.3 Å². The van der Waals surface area contributed by atoms with Crippen LogP contribution in [0.4, 0.5) is 0 Å². The lowest BCUT2D eigenvalue weighted by molar-refractivity contribution is -0.606. The predicted molar refractivity (Wildman–Crippen MR) is 77.3 cm³/mol. The third-order valence-electron chi connectivity index (χ3n) is 5.87. The van der Waals surface area contributed by atoms with Gasteiger partial charge in [0.2, 0.25) is 0 Å². The summed E-state index contributed by atoms with van der Waals surface area (Å²) in [5.41, 5.74) is 1.49. The molecule has 0 amide bonds. The van der Waals surface area contributed by atoms with Crippen molar-refractivity contribution in [2.24, 2.45) is 17.8 Å². The second kappa shape index (κ2) is 4.55. The zero-order valence-electron chi connectivity index (χ0n) is 12.1. The minimum absolute atomic E-state index is 0.0313. The highest BCUT2D eigenvalue weighted by Gasteiger charge is 2.56. The summed E-state index contributed by atoms with van der Waals surface area (Å²) in [4.78, 5) is 0. The number of hydrogen-bond acceptors (Lipinski definition) is 3. The molecule has 0 unspecified atom stereocenters. The number of aromatic nitrogens is 1. The number of hydrogen-bond donors (Lipinski definition) is 1. The van der Waals surface area contributed by atoms with Crippen molar-refractivity contribution in [3.63, 3.8) is 0 Å². The van der Waals surface area contributed by atoms with Gasteiger partial charge in [-0.3, -0.25) is 0 Å². The molecule has 1 saturated heterocycles. The minimum atomic E-state index is -0.742. The van der Waals surface area contributed by atoms with Crippen LogP contribution in [0.5, 0.6) is 0 Å². The summed E-state index contributed by atoms with van der Waals surface area (Å²) >= 11 is 0. The maximum Gasteiger partial charge on any atom is 0.183 e. The topological polar surface area (TPSA) is 56.4 Å². The normalized spacial score (nSPS) is 41.0. The van der Waals surface area contributed by atoms with E-state index in [1.807, 2.05) is 12.1 Å². The van der Waals surface area contributed by atoms with E-state index in [1.54, 1.807) is 12.4 Å². The molecular formula is C17H21NO3. The summed E-state index contributed by atoms with van der Waals surface area (Å²) in [6.07, 6.45) is 9.06. The second-order valence-electron chi connectivity index (χ2n) is 6.74. The monoisotopic (exact) mass is 287 g/mol. The fourth-order valence-electron chi connectivity index (χ4n) is 4.83. The van der Waals surface area contributed by atoms with Crippen LogP contribution in [0.15, 0.2) is 31.1 Å². The summed E-state index contributed by atoms with van der Waals surface area (Å²) in [5.74, 6) is 0.778. The molecule has 4 rings (SSSR count). The molecule has 21 heavy (non-hydrogen) atoms. The van der Waals surface area contributed by atoms with Gasteiger partial charge in [0.25, 0.3) is 0 Å². The van der Waals surface area contributed by atoms with Crippen molar-refractivity contribution in [1.29, 1.82) is 0 Å². The van der Waals surface area contributed by atoms with Gasteiger partial charge in [0, 0.05) is 17.5 Å². The lowest BCUT2D eigenvalue weighted by Crippen LogP contribution is -2.53. The van der Waals surface area contributed by atoms with Crippen LogP contribution in [0.2, 0.25) is 0 Å². The number of rotatable bonds is 1. The molecule has 5 atom stereocenters. The molecule has 0 radical (unpaired) electrons. The fraction of sp³-hybridized carbons (Fsp3) is 0.588. The molecule has 0 spiro atoms. The molecule has 2 heterocycles. The van der Waals surface area contributed by atoms with E-state index in [0.717, 1.165) is 41.5 Å². The van der Waals surface area contributed by atoms with Crippen LogP contribution >= 0.6 is 0 Å². The first-order valence-corrected chi connectivity index (χ1v) is 7.81. The third-order valence-corrected chi connectivity index (χ3v) is 5.87. The van der Waals surface area contributed by atoms with E-state index in [-0.39, 0.29) is 17.9 Å². The van der Waals surface area contributed by atoms with Gasteiger partial charge in [-0.15, -0.1) is 6.58 Å². The molecule has 1 aromatic rings. The Hall–Kier alpha value is -1.39. The maximum atomic E-state index is 11.4. The molecular weight excluding hydrogens is 266 g/mol. The van der Waals surface area contributed by atoms with Gasteiger partial charge < -0.3 is 15.1 Å². The lowest BCUT2D eigenvalue weighted by atomic mass is 9.67. The van der Waals surface area contributed by atoms with Crippen LogP contribution in [-0.2, 0) is 11.2 Å². The number of ether oxygens (including phenoxy) is 1. The van der Waals surface area contributed by atoms with Gasteiger partial charge in [-0.05, 0) is 43.1 Å². The van der Waals surface area contributed by atoms with Crippen molar-refractivity contribution in [2.45, 2.75) is 37.4 Å². The number of nitrogens with zero attached hydrogens (tertiary/aromatic N) is 1. The zero-order chi connectivity index (χ0) is 14.6. The van der Waals surface area contributed by atoms with E-state index in [2.05, 4.69) is 6.58 Å². The highest BCUT2D eigenvalue weighted by molar-refractivity contribution is 5.29. The molecule has 2 aliphatic carbocycles. The van der Waals surface area contributed by atoms with Crippen molar-refractivity contribution in [3.8, 4) is 0 Å². The molecule has 1 aliphatic heterocycles. The van der Waals surface area contributed by atoms with E-state index >= 15 is 0 Å².